The van der Waals surface area contributed by atoms with Gasteiger partial charge in [0.1, 0.15) is 0 Å². The Morgan fingerprint density at radius 1 is 1.40 bits per heavy atom. The van der Waals surface area contributed by atoms with E-state index in [0.29, 0.717) is 18.1 Å². The molecule has 1 nitrogen and oxygen atoms in total. The zero-order valence-electron chi connectivity index (χ0n) is 9.88. The highest BCUT2D eigenvalue weighted by Gasteiger charge is 2.09. The summed E-state index contributed by atoms with van der Waals surface area (Å²) in [6.45, 7) is 6.53. The Kier molecular flexibility index (Phi) is 5.03. The molecule has 0 aliphatic heterocycles. The average Bonchev–Trinajstić information content (AvgIpc) is 2.61. The van der Waals surface area contributed by atoms with Crippen LogP contribution in [0.5, 0.6) is 0 Å². The predicted octanol–water partition coefficient (Wildman–Crippen LogP) is 4.32. The van der Waals surface area contributed by atoms with Gasteiger partial charge in [0.25, 0.3) is 0 Å². The monoisotopic (exact) mass is 224 g/mol. The van der Waals surface area contributed by atoms with Gasteiger partial charge in [0, 0.05) is 11.3 Å². The van der Waals surface area contributed by atoms with Gasteiger partial charge in [-0.1, -0.05) is 27.2 Å². The van der Waals surface area contributed by atoms with Crippen LogP contribution in [0, 0.1) is 5.92 Å². The molecule has 0 aliphatic carbocycles. The smallest absolute Gasteiger partial charge is 0.172 e. The Hall–Kier alpha value is -0.630. The summed E-state index contributed by atoms with van der Waals surface area (Å²) in [6, 6.07) is 4.09. The van der Waals surface area contributed by atoms with Gasteiger partial charge in [-0.3, -0.25) is 4.79 Å². The molecule has 1 aromatic heterocycles. The maximum Gasteiger partial charge on any atom is 0.172 e. The molecular formula is C13H20OS. The molecule has 84 valence electrons. The maximum atomic E-state index is 11.7. The number of hydrogen-bond acceptors (Lipinski definition) is 2. The highest BCUT2D eigenvalue weighted by atomic mass is 32.1. The Labute approximate surface area is 96.5 Å². The molecule has 0 radical (unpaired) electrons. The zero-order valence-corrected chi connectivity index (χ0v) is 10.7. The second-order valence-corrected chi connectivity index (χ2v) is 5.56. The van der Waals surface area contributed by atoms with E-state index in [1.54, 1.807) is 11.3 Å². The zero-order chi connectivity index (χ0) is 11.3. The fourth-order valence-corrected chi connectivity index (χ4v) is 2.69. The number of carbonyl (C=O) groups excluding carboxylic acids is 1. The molecule has 0 saturated heterocycles. The Morgan fingerprint density at radius 2 is 2.13 bits per heavy atom. The SMILES string of the molecule is CCCCC(=O)c1ccc(CC(C)C)s1. The van der Waals surface area contributed by atoms with Gasteiger partial charge in [0.15, 0.2) is 5.78 Å². The van der Waals surface area contributed by atoms with Crippen molar-refractivity contribution in [2.24, 2.45) is 5.92 Å². The van der Waals surface area contributed by atoms with Crippen LogP contribution in [0.2, 0.25) is 0 Å². The minimum absolute atomic E-state index is 0.317. The van der Waals surface area contributed by atoms with Crippen LogP contribution in [0.4, 0.5) is 0 Å². The van der Waals surface area contributed by atoms with Gasteiger partial charge >= 0.3 is 0 Å². The first kappa shape index (κ1) is 12.4. The average molecular weight is 224 g/mol. The van der Waals surface area contributed by atoms with Gasteiger partial charge in [0.2, 0.25) is 0 Å². The first-order valence-electron chi connectivity index (χ1n) is 5.75. The second kappa shape index (κ2) is 6.06. The molecule has 0 N–H and O–H groups in total. The molecule has 1 heterocycles. The van der Waals surface area contributed by atoms with E-state index >= 15 is 0 Å². The number of ketones is 1. The van der Waals surface area contributed by atoms with Crippen molar-refractivity contribution in [2.45, 2.75) is 46.5 Å². The van der Waals surface area contributed by atoms with Crippen LogP contribution in [0.25, 0.3) is 0 Å². The lowest BCUT2D eigenvalue weighted by atomic mass is 10.1. The van der Waals surface area contributed by atoms with Crippen molar-refractivity contribution < 1.29 is 4.79 Å². The van der Waals surface area contributed by atoms with Gasteiger partial charge in [-0.15, -0.1) is 11.3 Å². The summed E-state index contributed by atoms with van der Waals surface area (Å²) in [4.78, 5) is 14.0. The molecule has 2 heteroatoms. The van der Waals surface area contributed by atoms with Crippen LogP contribution in [-0.4, -0.2) is 5.78 Å². The number of rotatable bonds is 6. The first-order valence-corrected chi connectivity index (χ1v) is 6.57. The molecule has 0 aromatic carbocycles. The van der Waals surface area contributed by atoms with Crippen LogP contribution < -0.4 is 0 Å². The van der Waals surface area contributed by atoms with E-state index in [1.807, 2.05) is 6.07 Å². The van der Waals surface area contributed by atoms with Crippen LogP contribution >= 0.6 is 11.3 Å². The summed E-state index contributed by atoms with van der Waals surface area (Å²) in [5.74, 6) is 0.985. The van der Waals surface area contributed by atoms with Crippen LogP contribution in [0.1, 0.15) is 54.6 Å². The normalized spacial score (nSPS) is 10.9. The van der Waals surface area contributed by atoms with Crippen LogP contribution in [0.15, 0.2) is 12.1 Å². The fourth-order valence-electron chi connectivity index (χ4n) is 1.50. The molecule has 0 spiro atoms. The molecule has 0 unspecified atom stereocenters. The molecule has 0 amide bonds. The van der Waals surface area contributed by atoms with Crippen molar-refractivity contribution in [3.8, 4) is 0 Å². The molecule has 0 bridgehead atoms. The maximum absolute atomic E-state index is 11.7. The number of hydrogen-bond donors (Lipinski definition) is 0. The van der Waals surface area contributed by atoms with E-state index in [-0.39, 0.29) is 0 Å². The molecule has 0 atom stereocenters. The quantitative estimate of drug-likeness (QED) is 0.658. The van der Waals surface area contributed by atoms with E-state index < -0.39 is 0 Å². The van der Waals surface area contributed by atoms with Gasteiger partial charge in [-0.05, 0) is 30.9 Å². The van der Waals surface area contributed by atoms with Crippen LogP contribution in [0.3, 0.4) is 0 Å². The molecule has 0 saturated carbocycles. The van der Waals surface area contributed by atoms with E-state index in [2.05, 4.69) is 26.8 Å². The third kappa shape index (κ3) is 4.17. The molecule has 15 heavy (non-hydrogen) atoms. The number of Topliss-reactive ketones (excluding diaryl/α,β-unsaturated/α-hetero) is 1. The van der Waals surface area contributed by atoms with Crippen molar-refractivity contribution in [1.29, 1.82) is 0 Å². The number of carbonyl (C=O) groups is 1. The van der Waals surface area contributed by atoms with E-state index in [4.69, 9.17) is 0 Å². The van der Waals surface area contributed by atoms with Crippen molar-refractivity contribution in [1.82, 2.24) is 0 Å². The molecule has 1 aromatic rings. The Bertz CT molecular complexity index is 312. The highest BCUT2D eigenvalue weighted by Crippen LogP contribution is 2.21. The summed E-state index contributed by atoms with van der Waals surface area (Å²) in [7, 11) is 0. The summed E-state index contributed by atoms with van der Waals surface area (Å²) >= 11 is 1.67. The molecular weight excluding hydrogens is 204 g/mol. The number of thiophene rings is 1. The first-order chi connectivity index (χ1) is 7.13. The second-order valence-electron chi connectivity index (χ2n) is 4.39. The summed E-state index contributed by atoms with van der Waals surface area (Å²) in [5.41, 5.74) is 0. The standard InChI is InChI=1S/C13H20OS/c1-4-5-6-12(14)13-8-7-11(15-13)9-10(2)3/h7-8,10H,4-6,9H2,1-3H3. The highest BCUT2D eigenvalue weighted by molar-refractivity contribution is 7.14. The predicted molar refractivity (Wildman–Crippen MR) is 66.7 cm³/mol. The lowest BCUT2D eigenvalue weighted by Gasteiger charge is -1.99. The minimum Gasteiger partial charge on any atom is -0.293 e. The Morgan fingerprint density at radius 3 is 2.73 bits per heavy atom. The Balaban J connectivity index is 2.55. The van der Waals surface area contributed by atoms with Crippen molar-refractivity contribution >= 4 is 17.1 Å². The number of unbranched alkanes of at least 4 members (excludes halogenated alkanes) is 1. The van der Waals surface area contributed by atoms with Gasteiger partial charge in [-0.2, -0.15) is 0 Å². The van der Waals surface area contributed by atoms with Crippen molar-refractivity contribution in [3.63, 3.8) is 0 Å². The van der Waals surface area contributed by atoms with Gasteiger partial charge in [0.05, 0.1) is 4.88 Å². The molecule has 1 rings (SSSR count). The van der Waals surface area contributed by atoms with Gasteiger partial charge in [-0.25, -0.2) is 0 Å². The molecule has 0 aliphatic rings. The topological polar surface area (TPSA) is 17.1 Å². The van der Waals surface area contributed by atoms with Crippen LogP contribution in [-0.2, 0) is 6.42 Å². The van der Waals surface area contributed by atoms with Crippen molar-refractivity contribution in [3.05, 3.63) is 21.9 Å². The van der Waals surface area contributed by atoms with E-state index in [0.717, 1.165) is 24.1 Å². The lowest BCUT2D eigenvalue weighted by Crippen LogP contribution is -1.94. The third-order valence-electron chi connectivity index (χ3n) is 2.30. The largest absolute Gasteiger partial charge is 0.293 e. The molecule has 0 fully saturated rings. The fraction of sp³-hybridized carbons (Fsp3) is 0.615. The van der Waals surface area contributed by atoms with Crippen molar-refractivity contribution in [2.75, 3.05) is 0 Å². The van der Waals surface area contributed by atoms with Gasteiger partial charge < -0.3 is 0 Å². The minimum atomic E-state index is 0.317. The third-order valence-corrected chi connectivity index (χ3v) is 3.45. The summed E-state index contributed by atoms with van der Waals surface area (Å²) in [5, 5.41) is 0. The summed E-state index contributed by atoms with van der Waals surface area (Å²) in [6.07, 6.45) is 3.90. The van der Waals surface area contributed by atoms with E-state index in [9.17, 15) is 4.79 Å². The van der Waals surface area contributed by atoms with E-state index in [1.165, 1.54) is 4.88 Å². The lowest BCUT2D eigenvalue weighted by molar-refractivity contribution is 0.0983. The summed E-state index contributed by atoms with van der Waals surface area (Å²) < 4.78 is 0.